The number of pyridine rings is 1. The van der Waals surface area contributed by atoms with Crippen molar-refractivity contribution in [1.82, 2.24) is 20.1 Å². The van der Waals surface area contributed by atoms with Crippen LogP contribution in [0.2, 0.25) is 0 Å². The normalized spacial score (nSPS) is 20.4. The van der Waals surface area contributed by atoms with Gasteiger partial charge in [0.1, 0.15) is 5.69 Å². The van der Waals surface area contributed by atoms with Crippen molar-refractivity contribution in [2.75, 3.05) is 39.3 Å². The molecule has 0 saturated carbocycles. The van der Waals surface area contributed by atoms with Crippen molar-refractivity contribution in [3.8, 4) is 0 Å². The molecule has 3 amide bonds. The van der Waals surface area contributed by atoms with Gasteiger partial charge in [-0.05, 0) is 25.0 Å². The van der Waals surface area contributed by atoms with Crippen molar-refractivity contribution in [1.29, 1.82) is 0 Å². The van der Waals surface area contributed by atoms with E-state index in [1.807, 2.05) is 0 Å². The van der Waals surface area contributed by atoms with Crippen LogP contribution in [0.15, 0.2) is 18.3 Å². The maximum absolute atomic E-state index is 12.6. The molecule has 1 N–H and O–H groups in total. The number of hydrogen-bond donors (Lipinski definition) is 1. The van der Waals surface area contributed by atoms with Gasteiger partial charge < -0.3 is 19.9 Å². The Labute approximate surface area is 146 Å². The molecule has 8 nitrogen and oxygen atoms in total. The Morgan fingerprint density at radius 1 is 1.32 bits per heavy atom. The Morgan fingerprint density at radius 2 is 2.12 bits per heavy atom. The fourth-order valence-corrected chi connectivity index (χ4v) is 3.00. The summed E-state index contributed by atoms with van der Waals surface area (Å²) in [5, 5.41) is 2.80. The first kappa shape index (κ1) is 17.3. The lowest BCUT2D eigenvalue weighted by Crippen LogP contribution is -2.48. The number of rotatable bonds is 5. The Morgan fingerprint density at radius 3 is 2.80 bits per heavy atom. The van der Waals surface area contributed by atoms with Crippen LogP contribution >= 0.6 is 0 Å². The molecule has 134 valence electrons. The van der Waals surface area contributed by atoms with Crippen LogP contribution in [0.3, 0.4) is 0 Å². The molecule has 2 fully saturated rings. The maximum Gasteiger partial charge on any atom is 0.269 e. The first-order valence-corrected chi connectivity index (χ1v) is 8.52. The van der Waals surface area contributed by atoms with Crippen molar-refractivity contribution >= 4 is 18.2 Å². The highest BCUT2D eigenvalue weighted by atomic mass is 16.5. The van der Waals surface area contributed by atoms with Gasteiger partial charge in [-0.2, -0.15) is 0 Å². The molecule has 2 aliphatic heterocycles. The SMILES string of the molecule is O=CN1CCN(C(=O)c2ccnc(C(=O)NCC3CCCO3)c2)CC1. The Bertz CT molecular complexity index is 637. The molecule has 1 aromatic heterocycles. The van der Waals surface area contributed by atoms with E-state index in [4.69, 9.17) is 4.74 Å². The number of hydrogen-bond acceptors (Lipinski definition) is 5. The van der Waals surface area contributed by atoms with Gasteiger partial charge in [-0.1, -0.05) is 0 Å². The van der Waals surface area contributed by atoms with Crippen LogP contribution in [-0.4, -0.2) is 78.4 Å². The van der Waals surface area contributed by atoms with Gasteiger partial charge in [0.2, 0.25) is 6.41 Å². The summed E-state index contributed by atoms with van der Waals surface area (Å²) in [6.07, 6.45) is 4.28. The molecular weight excluding hydrogens is 324 g/mol. The van der Waals surface area contributed by atoms with Crippen molar-refractivity contribution in [2.24, 2.45) is 0 Å². The molecule has 8 heteroatoms. The van der Waals surface area contributed by atoms with Crippen molar-refractivity contribution in [3.05, 3.63) is 29.6 Å². The third-order valence-electron chi connectivity index (χ3n) is 4.50. The Kier molecular flexibility index (Phi) is 5.60. The van der Waals surface area contributed by atoms with Gasteiger partial charge in [0.05, 0.1) is 6.10 Å². The van der Waals surface area contributed by atoms with Crippen LogP contribution in [0.4, 0.5) is 0 Å². The van der Waals surface area contributed by atoms with Crippen LogP contribution < -0.4 is 5.32 Å². The molecule has 1 unspecified atom stereocenters. The van der Waals surface area contributed by atoms with Crippen LogP contribution in [0, 0.1) is 0 Å². The Balaban J connectivity index is 1.59. The van der Waals surface area contributed by atoms with E-state index in [0.717, 1.165) is 25.9 Å². The van der Waals surface area contributed by atoms with E-state index in [2.05, 4.69) is 10.3 Å². The minimum atomic E-state index is -0.309. The smallest absolute Gasteiger partial charge is 0.269 e. The minimum Gasteiger partial charge on any atom is -0.376 e. The van der Waals surface area contributed by atoms with E-state index in [-0.39, 0.29) is 23.6 Å². The van der Waals surface area contributed by atoms with Gasteiger partial charge in [-0.15, -0.1) is 0 Å². The van der Waals surface area contributed by atoms with E-state index >= 15 is 0 Å². The molecule has 0 radical (unpaired) electrons. The first-order valence-electron chi connectivity index (χ1n) is 8.52. The number of amides is 3. The molecule has 3 rings (SSSR count). The largest absolute Gasteiger partial charge is 0.376 e. The van der Waals surface area contributed by atoms with Crippen LogP contribution in [0.25, 0.3) is 0 Å². The van der Waals surface area contributed by atoms with E-state index in [1.54, 1.807) is 15.9 Å². The second-order valence-electron chi connectivity index (χ2n) is 6.21. The van der Waals surface area contributed by atoms with E-state index in [9.17, 15) is 14.4 Å². The van der Waals surface area contributed by atoms with Crippen LogP contribution in [0.1, 0.15) is 33.7 Å². The third-order valence-corrected chi connectivity index (χ3v) is 4.50. The second kappa shape index (κ2) is 8.06. The molecule has 1 atom stereocenters. The summed E-state index contributed by atoms with van der Waals surface area (Å²) in [6.45, 7) is 3.21. The average molecular weight is 346 g/mol. The molecule has 3 heterocycles. The maximum atomic E-state index is 12.6. The fraction of sp³-hybridized carbons (Fsp3) is 0.529. The zero-order valence-electron chi connectivity index (χ0n) is 14.0. The number of carbonyl (C=O) groups excluding carboxylic acids is 3. The molecule has 0 aromatic carbocycles. The van der Waals surface area contributed by atoms with Gasteiger partial charge in [0.25, 0.3) is 11.8 Å². The molecule has 0 spiro atoms. The number of nitrogens with one attached hydrogen (secondary N) is 1. The molecule has 1 aromatic rings. The summed E-state index contributed by atoms with van der Waals surface area (Å²) >= 11 is 0. The standard InChI is InChI=1S/C17H22N4O4/c22-12-20-5-7-21(8-6-20)17(24)13-3-4-18-15(10-13)16(23)19-11-14-2-1-9-25-14/h3-4,10,12,14H,1-2,5-9,11H2,(H,19,23). The number of carbonyl (C=O) groups is 3. The molecular formula is C17H22N4O4. The lowest BCUT2D eigenvalue weighted by Gasteiger charge is -2.32. The number of aromatic nitrogens is 1. The quantitative estimate of drug-likeness (QED) is 0.752. The van der Waals surface area contributed by atoms with Gasteiger partial charge >= 0.3 is 0 Å². The monoisotopic (exact) mass is 346 g/mol. The molecule has 2 saturated heterocycles. The summed E-state index contributed by atoms with van der Waals surface area (Å²) in [7, 11) is 0. The lowest BCUT2D eigenvalue weighted by atomic mass is 10.1. The summed E-state index contributed by atoms with van der Waals surface area (Å²) in [4.78, 5) is 42.9. The predicted octanol–water partition coefficient (Wildman–Crippen LogP) is -0.0954. The zero-order valence-corrected chi connectivity index (χ0v) is 14.0. The first-order chi connectivity index (χ1) is 12.2. The summed E-state index contributed by atoms with van der Waals surface area (Å²) in [5.74, 6) is -0.461. The predicted molar refractivity (Wildman–Crippen MR) is 89.1 cm³/mol. The highest BCUT2D eigenvalue weighted by Gasteiger charge is 2.22. The topological polar surface area (TPSA) is 91.8 Å². The molecule has 25 heavy (non-hydrogen) atoms. The van der Waals surface area contributed by atoms with Crippen molar-refractivity contribution in [2.45, 2.75) is 18.9 Å². The van der Waals surface area contributed by atoms with E-state index < -0.39 is 0 Å². The molecule has 0 bridgehead atoms. The summed E-state index contributed by atoms with van der Waals surface area (Å²) in [5.41, 5.74) is 0.646. The zero-order chi connectivity index (χ0) is 17.6. The number of nitrogens with zero attached hydrogens (tertiary/aromatic N) is 3. The summed E-state index contributed by atoms with van der Waals surface area (Å²) < 4.78 is 5.47. The lowest BCUT2D eigenvalue weighted by molar-refractivity contribution is -0.119. The number of ether oxygens (including phenoxy) is 1. The van der Waals surface area contributed by atoms with Crippen molar-refractivity contribution in [3.63, 3.8) is 0 Å². The summed E-state index contributed by atoms with van der Waals surface area (Å²) in [6, 6.07) is 3.12. The van der Waals surface area contributed by atoms with Gasteiger partial charge in [0.15, 0.2) is 0 Å². The minimum absolute atomic E-state index is 0.0582. The Hall–Kier alpha value is -2.48. The van der Waals surface area contributed by atoms with Gasteiger partial charge in [-0.3, -0.25) is 19.4 Å². The highest BCUT2D eigenvalue weighted by Crippen LogP contribution is 2.12. The van der Waals surface area contributed by atoms with Crippen molar-refractivity contribution < 1.29 is 19.1 Å². The van der Waals surface area contributed by atoms with Gasteiger partial charge in [-0.25, -0.2) is 0 Å². The third kappa shape index (κ3) is 4.33. The van der Waals surface area contributed by atoms with Crippen LogP contribution in [0.5, 0.6) is 0 Å². The molecule has 2 aliphatic rings. The average Bonchev–Trinajstić information content (AvgIpc) is 3.19. The molecule has 0 aliphatic carbocycles. The fourth-order valence-electron chi connectivity index (χ4n) is 3.00. The van der Waals surface area contributed by atoms with Gasteiger partial charge in [0, 0.05) is 51.1 Å². The second-order valence-corrected chi connectivity index (χ2v) is 6.21. The highest BCUT2D eigenvalue weighted by molar-refractivity contribution is 5.98. The van der Waals surface area contributed by atoms with E-state index in [1.165, 1.54) is 12.3 Å². The number of piperazine rings is 1. The van der Waals surface area contributed by atoms with Crippen LogP contribution in [-0.2, 0) is 9.53 Å². The van der Waals surface area contributed by atoms with E-state index in [0.29, 0.717) is 38.3 Å².